The van der Waals surface area contributed by atoms with Gasteiger partial charge in [-0.2, -0.15) is 5.10 Å². The van der Waals surface area contributed by atoms with Crippen molar-refractivity contribution in [1.29, 1.82) is 0 Å². The number of halogens is 1. The van der Waals surface area contributed by atoms with E-state index in [9.17, 15) is 9.18 Å². The molecule has 2 rings (SSSR count). The van der Waals surface area contributed by atoms with E-state index in [0.717, 1.165) is 16.8 Å². The molecule has 0 bridgehead atoms. The molecule has 1 aromatic carbocycles. The van der Waals surface area contributed by atoms with Crippen LogP contribution in [0.3, 0.4) is 0 Å². The molecular weight excluding hydrogens is 319 g/mol. The van der Waals surface area contributed by atoms with Crippen molar-refractivity contribution in [1.82, 2.24) is 9.78 Å². The van der Waals surface area contributed by atoms with E-state index in [1.807, 2.05) is 26.0 Å². The predicted octanol–water partition coefficient (Wildman–Crippen LogP) is 4.32. The summed E-state index contributed by atoms with van der Waals surface area (Å²) in [6.07, 6.45) is 3.39. The van der Waals surface area contributed by atoms with Crippen molar-refractivity contribution in [2.45, 2.75) is 27.7 Å². The highest BCUT2D eigenvalue weighted by Gasteiger charge is 2.13. The number of nitrogens with one attached hydrogen (secondary N) is 1. The molecule has 0 radical (unpaired) electrons. The lowest BCUT2D eigenvalue weighted by Gasteiger charge is -2.10. The monoisotopic (exact) mass is 340 g/mol. The maximum atomic E-state index is 14.3. The highest BCUT2D eigenvalue weighted by Crippen LogP contribution is 2.17. The van der Waals surface area contributed by atoms with Crippen LogP contribution in [0.4, 0.5) is 10.1 Å². The van der Waals surface area contributed by atoms with Crippen molar-refractivity contribution in [3.05, 3.63) is 71.1 Å². The van der Waals surface area contributed by atoms with Gasteiger partial charge >= 0.3 is 0 Å². The van der Waals surface area contributed by atoms with Crippen LogP contribution in [-0.2, 0) is 0 Å². The van der Waals surface area contributed by atoms with E-state index in [2.05, 4.69) is 28.1 Å². The normalized spacial score (nSPS) is 12.2. The van der Waals surface area contributed by atoms with Gasteiger partial charge in [0.1, 0.15) is 5.82 Å². The van der Waals surface area contributed by atoms with Gasteiger partial charge in [0.25, 0.3) is 0 Å². The molecular formula is C19H21FN4O. The third-order valence-corrected chi connectivity index (χ3v) is 3.50. The molecule has 1 aromatic heterocycles. The molecule has 0 aliphatic heterocycles. The maximum Gasteiger partial charge on any atom is 0.191 e. The quantitative estimate of drug-likeness (QED) is 0.501. The Balaban J connectivity index is 2.36. The van der Waals surface area contributed by atoms with Gasteiger partial charge in [0, 0.05) is 11.9 Å². The molecule has 130 valence electrons. The molecule has 5 nitrogen and oxygen atoms in total. The average molecular weight is 340 g/mol. The molecule has 0 aliphatic carbocycles. The minimum absolute atomic E-state index is 0.0411. The molecule has 0 amide bonds. The summed E-state index contributed by atoms with van der Waals surface area (Å²) < 4.78 is 15.5. The topological polar surface area (TPSA) is 59.3 Å². The summed E-state index contributed by atoms with van der Waals surface area (Å²) in [5, 5.41) is 7.20. The minimum Gasteiger partial charge on any atom is -0.341 e. The van der Waals surface area contributed by atoms with Crippen LogP contribution in [0, 0.1) is 20.8 Å². The molecule has 1 N–H and O–H groups in total. The number of hydrogen-bond acceptors (Lipinski definition) is 4. The van der Waals surface area contributed by atoms with Crippen molar-refractivity contribution in [2.75, 3.05) is 5.32 Å². The number of nitrogens with zero attached hydrogens (tertiary/aromatic N) is 3. The fourth-order valence-electron chi connectivity index (χ4n) is 2.41. The Kier molecular flexibility index (Phi) is 5.64. The van der Waals surface area contributed by atoms with Crippen LogP contribution in [-0.4, -0.2) is 21.9 Å². The summed E-state index contributed by atoms with van der Waals surface area (Å²) in [4.78, 5) is 15.2. The van der Waals surface area contributed by atoms with Gasteiger partial charge in [-0.1, -0.05) is 12.6 Å². The van der Waals surface area contributed by atoms with Gasteiger partial charge in [-0.3, -0.25) is 4.79 Å². The molecule has 0 atom stereocenters. The third-order valence-electron chi connectivity index (χ3n) is 3.50. The molecule has 6 heteroatoms. The van der Waals surface area contributed by atoms with Gasteiger partial charge in [-0.15, -0.1) is 0 Å². The molecule has 0 aliphatic rings. The molecule has 25 heavy (non-hydrogen) atoms. The van der Waals surface area contributed by atoms with E-state index in [0.29, 0.717) is 17.5 Å². The summed E-state index contributed by atoms with van der Waals surface area (Å²) in [7, 11) is 0. The van der Waals surface area contributed by atoms with Gasteiger partial charge in [-0.25, -0.2) is 14.1 Å². The minimum atomic E-state index is -0.566. The van der Waals surface area contributed by atoms with Crippen molar-refractivity contribution >= 4 is 17.8 Å². The zero-order valence-electron chi connectivity index (χ0n) is 14.8. The van der Waals surface area contributed by atoms with Crippen LogP contribution >= 0.6 is 0 Å². The summed E-state index contributed by atoms with van der Waals surface area (Å²) >= 11 is 0. The summed E-state index contributed by atoms with van der Waals surface area (Å²) in [6.45, 7) is 11.0. The number of rotatable bonds is 5. The Morgan fingerprint density at radius 1 is 1.28 bits per heavy atom. The lowest BCUT2D eigenvalue weighted by molar-refractivity contribution is 0.112. The van der Waals surface area contributed by atoms with E-state index in [-0.39, 0.29) is 11.7 Å². The fraction of sp³-hybridized carbons (Fsp3) is 0.211. The molecule has 0 saturated heterocycles. The summed E-state index contributed by atoms with van der Waals surface area (Å²) in [5.74, 6) is -0.346. The Morgan fingerprint density at radius 3 is 2.44 bits per heavy atom. The molecule has 0 spiro atoms. The van der Waals surface area contributed by atoms with Gasteiger partial charge < -0.3 is 5.32 Å². The number of aldehydes is 1. The van der Waals surface area contributed by atoms with Crippen LogP contribution in [0.25, 0.3) is 0 Å². The molecule has 0 fully saturated rings. The number of anilines is 1. The van der Waals surface area contributed by atoms with Gasteiger partial charge in [0.15, 0.2) is 17.9 Å². The second kappa shape index (κ2) is 7.70. The van der Waals surface area contributed by atoms with Crippen molar-refractivity contribution < 1.29 is 9.18 Å². The van der Waals surface area contributed by atoms with Crippen LogP contribution in [0.15, 0.2) is 53.7 Å². The number of aryl methyl sites for hydroxylation is 3. The summed E-state index contributed by atoms with van der Waals surface area (Å²) in [6, 6.07) is 5.94. The first-order valence-corrected chi connectivity index (χ1v) is 7.81. The zero-order valence-corrected chi connectivity index (χ0v) is 14.8. The van der Waals surface area contributed by atoms with E-state index >= 15 is 0 Å². The maximum absolute atomic E-state index is 14.3. The Labute approximate surface area is 146 Å². The van der Waals surface area contributed by atoms with Gasteiger partial charge in [-0.05, 0) is 57.0 Å². The highest BCUT2D eigenvalue weighted by atomic mass is 19.1. The van der Waals surface area contributed by atoms with Crippen molar-refractivity contribution in [3.63, 3.8) is 0 Å². The second-order valence-corrected chi connectivity index (χ2v) is 5.75. The Morgan fingerprint density at radius 2 is 1.92 bits per heavy atom. The average Bonchev–Trinajstić information content (AvgIpc) is 2.91. The molecule has 1 heterocycles. The third kappa shape index (κ3) is 4.50. The second-order valence-electron chi connectivity index (χ2n) is 5.75. The van der Waals surface area contributed by atoms with Gasteiger partial charge in [0.05, 0.1) is 11.3 Å². The molecule has 0 saturated carbocycles. The smallest absolute Gasteiger partial charge is 0.191 e. The fourth-order valence-corrected chi connectivity index (χ4v) is 2.41. The van der Waals surface area contributed by atoms with Crippen LogP contribution in [0.1, 0.15) is 34.1 Å². The molecule has 0 unspecified atom stereocenters. The number of aliphatic imine (C=N–C) groups is 1. The zero-order chi connectivity index (χ0) is 18.6. The summed E-state index contributed by atoms with van der Waals surface area (Å²) in [5.41, 5.74) is 3.88. The Bertz CT molecular complexity index is 857. The van der Waals surface area contributed by atoms with Crippen LogP contribution in [0.5, 0.6) is 0 Å². The van der Waals surface area contributed by atoms with Crippen molar-refractivity contribution in [3.8, 4) is 0 Å². The lowest BCUT2D eigenvalue weighted by Crippen LogP contribution is -2.15. The Hall–Kier alpha value is -3.02. The molecule has 2 aromatic rings. The van der Waals surface area contributed by atoms with Crippen molar-refractivity contribution in [2.24, 2.45) is 4.99 Å². The van der Waals surface area contributed by atoms with E-state index in [4.69, 9.17) is 0 Å². The number of hydrogen-bond donors (Lipinski definition) is 1. The van der Waals surface area contributed by atoms with Crippen LogP contribution < -0.4 is 5.32 Å². The number of aromatic nitrogens is 2. The predicted molar refractivity (Wildman–Crippen MR) is 98.7 cm³/mol. The first-order chi connectivity index (χ1) is 11.8. The van der Waals surface area contributed by atoms with E-state index < -0.39 is 5.83 Å². The lowest BCUT2D eigenvalue weighted by atomic mass is 10.1. The number of carbonyl (C=O) groups excluding carboxylic acids is 1. The standard InChI is InChI=1S/C19H21FN4O/c1-6-18(20)19(24-10-16(11-25)14(4)23-24)22-15(5)21-17-8-12(2)7-13(3)9-17/h6-11,21H,5H2,1-4H3/b18-6+,22-19+. The van der Waals surface area contributed by atoms with E-state index in [1.165, 1.54) is 17.0 Å². The number of carbonyl (C=O) groups is 1. The number of benzene rings is 1. The first kappa shape index (κ1) is 18.3. The van der Waals surface area contributed by atoms with Gasteiger partial charge in [0.2, 0.25) is 0 Å². The van der Waals surface area contributed by atoms with E-state index in [1.54, 1.807) is 13.8 Å². The van der Waals surface area contributed by atoms with Crippen LogP contribution in [0.2, 0.25) is 0 Å². The first-order valence-electron chi connectivity index (χ1n) is 7.81. The largest absolute Gasteiger partial charge is 0.341 e. The SMILES string of the molecule is C=C(/N=C(\C(F)=C/C)n1cc(C=O)c(C)n1)Nc1cc(C)cc(C)c1. The number of allylic oxidation sites excluding steroid dienone is 2. The highest BCUT2D eigenvalue weighted by molar-refractivity contribution is 5.98.